The van der Waals surface area contributed by atoms with E-state index in [-0.39, 0.29) is 0 Å². The van der Waals surface area contributed by atoms with Gasteiger partial charge in [-0.15, -0.1) is 11.3 Å². The van der Waals surface area contributed by atoms with E-state index < -0.39 is 0 Å². The molecule has 2 heterocycles. The van der Waals surface area contributed by atoms with Crippen LogP contribution in [0.15, 0.2) is 82.8 Å². The fourth-order valence-electron chi connectivity index (χ4n) is 3.47. The molecule has 1 aliphatic heterocycles. The van der Waals surface area contributed by atoms with E-state index in [1.54, 1.807) is 0 Å². The molecule has 0 unspecified atom stereocenters. The highest BCUT2D eigenvalue weighted by atomic mass is 32.2. The van der Waals surface area contributed by atoms with Crippen molar-refractivity contribution in [3.05, 3.63) is 88.3 Å². The van der Waals surface area contributed by atoms with Crippen molar-refractivity contribution in [1.82, 2.24) is 0 Å². The van der Waals surface area contributed by atoms with Crippen LogP contribution >= 0.6 is 23.1 Å². The number of fused-ring (bicyclic) bond motifs is 2. The maximum atomic E-state index is 2.37. The minimum Gasteiger partial charge on any atom is -0.335 e. The lowest BCUT2D eigenvalue weighted by atomic mass is 10.1. The Bertz CT molecular complexity index is 1040. The SMILES string of the molecule is CCc1c(/C=C/C=C/C=C2\Sc3ccccc3N2CC)sc2ccccc12. The second-order valence-corrected chi connectivity index (χ2v) is 8.50. The van der Waals surface area contributed by atoms with Crippen LogP contribution in [0.3, 0.4) is 0 Å². The predicted octanol–water partition coefficient (Wildman–Crippen LogP) is 7.51. The summed E-state index contributed by atoms with van der Waals surface area (Å²) in [6.45, 7) is 5.43. The molecule has 0 bridgehead atoms. The highest BCUT2D eigenvalue weighted by Gasteiger charge is 2.22. The summed E-state index contributed by atoms with van der Waals surface area (Å²) in [5.74, 6) is 0. The zero-order chi connectivity index (χ0) is 18.6. The van der Waals surface area contributed by atoms with E-state index >= 15 is 0 Å². The molecule has 0 fully saturated rings. The predicted molar refractivity (Wildman–Crippen MR) is 123 cm³/mol. The minimum absolute atomic E-state index is 0.987. The van der Waals surface area contributed by atoms with Gasteiger partial charge >= 0.3 is 0 Å². The number of allylic oxidation sites excluding steroid dienone is 4. The van der Waals surface area contributed by atoms with Crippen molar-refractivity contribution in [1.29, 1.82) is 0 Å². The first-order valence-electron chi connectivity index (χ1n) is 9.41. The highest BCUT2D eigenvalue weighted by molar-refractivity contribution is 8.03. The number of benzene rings is 2. The van der Waals surface area contributed by atoms with Gasteiger partial charge in [0, 0.05) is 21.0 Å². The summed E-state index contributed by atoms with van der Waals surface area (Å²) < 4.78 is 1.37. The molecule has 3 heteroatoms. The van der Waals surface area contributed by atoms with Gasteiger partial charge in [0.1, 0.15) is 0 Å². The Morgan fingerprint density at radius 1 is 0.926 bits per heavy atom. The van der Waals surface area contributed by atoms with Gasteiger partial charge in [0.15, 0.2) is 0 Å². The number of anilines is 1. The van der Waals surface area contributed by atoms with Crippen LogP contribution in [0.25, 0.3) is 16.2 Å². The Hall–Kier alpha value is -2.23. The van der Waals surface area contributed by atoms with Crippen molar-refractivity contribution in [3.63, 3.8) is 0 Å². The topological polar surface area (TPSA) is 3.24 Å². The van der Waals surface area contributed by atoms with Crippen LogP contribution < -0.4 is 4.90 Å². The van der Waals surface area contributed by atoms with Crippen LogP contribution in [-0.4, -0.2) is 6.54 Å². The summed E-state index contributed by atoms with van der Waals surface area (Å²) in [6.07, 6.45) is 12.0. The standard InChI is InChI=1S/C24H23NS2/c1-3-18-19-12-8-10-15-22(19)26-21(18)14-6-5-7-17-24-25(4-2)20-13-9-11-16-23(20)27-24/h5-17H,3-4H2,1-2H3/b7-5+,14-6+,24-17-. The van der Waals surface area contributed by atoms with Crippen LogP contribution in [0, 0.1) is 0 Å². The van der Waals surface area contributed by atoms with Crippen molar-refractivity contribution in [2.24, 2.45) is 0 Å². The van der Waals surface area contributed by atoms with E-state index in [0.717, 1.165) is 13.0 Å². The fraction of sp³-hybridized carbons (Fsp3) is 0.167. The first-order valence-corrected chi connectivity index (χ1v) is 11.0. The van der Waals surface area contributed by atoms with Gasteiger partial charge in [-0.1, -0.05) is 67.2 Å². The third kappa shape index (κ3) is 3.62. The average Bonchev–Trinajstić information content (AvgIpc) is 3.24. The normalized spacial score (nSPS) is 15.6. The van der Waals surface area contributed by atoms with E-state index in [2.05, 4.69) is 97.7 Å². The summed E-state index contributed by atoms with van der Waals surface area (Å²) in [5, 5.41) is 2.69. The molecular weight excluding hydrogens is 366 g/mol. The molecular formula is C24H23NS2. The number of para-hydroxylation sites is 1. The van der Waals surface area contributed by atoms with E-state index in [0.29, 0.717) is 0 Å². The van der Waals surface area contributed by atoms with Crippen LogP contribution in [-0.2, 0) is 6.42 Å². The lowest BCUT2D eigenvalue weighted by Gasteiger charge is -2.17. The molecule has 0 spiro atoms. The second-order valence-electron chi connectivity index (χ2n) is 6.36. The summed E-state index contributed by atoms with van der Waals surface area (Å²) >= 11 is 3.73. The fourth-order valence-corrected chi connectivity index (χ4v) is 5.81. The van der Waals surface area contributed by atoms with Gasteiger partial charge in [0.25, 0.3) is 0 Å². The van der Waals surface area contributed by atoms with E-state index in [1.807, 2.05) is 23.1 Å². The van der Waals surface area contributed by atoms with Gasteiger partial charge in [0.05, 0.1) is 10.7 Å². The van der Waals surface area contributed by atoms with Crippen LogP contribution in [0.2, 0.25) is 0 Å². The van der Waals surface area contributed by atoms with Gasteiger partial charge in [-0.2, -0.15) is 0 Å². The minimum atomic E-state index is 0.987. The van der Waals surface area contributed by atoms with Crippen LogP contribution in [0.4, 0.5) is 5.69 Å². The Morgan fingerprint density at radius 3 is 2.59 bits per heavy atom. The highest BCUT2D eigenvalue weighted by Crippen LogP contribution is 2.45. The van der Waals surface area contributed by atoms with Crippen LogP contribution in [0.5, 0.6) is 0 Å². The maximum Gasteiger partial charge on any atom is 0.0801 e. The summed E-state index contributed by atoms with van der Waals surface area (Å²) in [7, 11) is 0. The lowest BCUT2D eigenvalue weighted by molar-refractivity contribution is 1.00. The molecule has 1 nitrogen and oxygen atoms in total. The Balaban J connectivity index is 1.51. The first kappa shape index (κ1) is 18.1. The summed E-state index contributed by atoms with van der Waals surface area (Å²) in [4.78, 5) is 5.08. The molecule has 4 rings (SSSR count). The van der Waals surface area contributed by atoms with Gasteiger partial charge in [-0.25, -0.2) is 0 Å². The maximum absolute atomic E-state index is 2.37. The molecule has 0 radical (unpaired) electrons. The van der Waals surface area contributed by atoms with Crippen molar-refractivity contribution in [3.8, 4) is 0 Å². The number of thioether (sulfide) groups is 1. The second kappa shape index (κ2) is 8.20. The summed E-state index contributed by atoms with van der Waals surface area (Å²) in [5.41, 5.74) is 2.77. The molecule has 2 aromatic carbocycles. The number of rotatable bonds is 5. The van der Waals surface area contributed by atoms with E-state index in [9.17, 15) is 0 Å². The van der Waals surface area contributed by atoms with E-state index in [1.165, 1.54) is 36.1 Å². The molecule has 0 saturated carbocycles. The third-order valence-electron chi connectivity index (χ3n) is 4.74. The van der Waals surface area contributed by atoms with Crippen molar-refractivity contribution >= 4 is 44.9 Å². The molecule has 0 atom stereocenters. The van der Waals surface area contributed by atoms with E-state index in [4.69, 9.17) is 0 Å². The molecule has 3 aromatic rings. The monoisotopic (exact) mass is 389 g/mol. The zero-order valence-corrected chi connectivity index (χ0v) is 17.3. The largest absolute Gasteiger partial charge is 0.335 e. The summed E-state index contributed by atoms with van der Waals surface area (Å²) in [6, 6.07) is 17.3. The van der Waals surface area contributed by atoms with Crippen LogP contribution in [0.1, 0.15) is 24.3 Å². The molecule has 0 aliphatic carbocycles. The smallest absolute Gasteiger partial charge is 0.0801 e. The lowest BCUT2D eigenvalue weighted by Crippen LogP contribution is -2.16. The van der Waals surface area contributed by atoms with Gasteiger partial charge in [-0.3, -0.25) is 0 Å². The number of hydrogen-bond acceptors (Lipinski definition) is 3. The van der Waals surface area contributed by atoms with Gasteiger partial charge in [-0.05, 0) is 54.6 Å². The van der Waals surface area contributed by atoms with Crippen molar-refractivity contribution < 1.29 is 0 Å². The molecule has 0 N–H and O–H groups in total. The third-order valence-corrected chi connectivity index (χ3v) is 7.05. The zero-order valence-electron chi connectivity index (χ0n) is 15.7. The Kier molecular flexibility index (Phi) is 5.51. The van der Waals surface area contributed by atoms with Gasteiger partial charge < -0.3 is 4.90 Å². The first-order chi connectivity index (χ1) is 13.3. The Morgan fingerprint density at radius 2 is 1.74 bits per heavy atom. The Labute approximate surface area is 169 Å². The molecule has 27 heavy (non-hydrogen) atoms. The average molecular weight is 390 g/mol. The molecule has 0 amide bonds. The molecule has 1 aliphatic rings. The molecule has 136 valence electrons. The molecule has 0 saturated heterocycles. The number of nitrogens with zero attached hydrogens (tertiary/aromatic N) is 1. The number of hydrogen-bond donors (Lipinski definition) is 0. The number of aryl methyl sites for hydroxylation is 1. The quantitative estimate of drug-likeness (QED) is 0.415. The van der Waals surface area contributed by atoms with Crippen molar-refractivity contribution in [2.75, 3.05) is 11.4 Å². The molecule has 1 aromatic heterocycles. The van der Waals surface area contributed by atoms with Gasteiger partial charge in [0.2, 0.25) is 0 Å². The number of thiophene rings is 1. The van der Waals surface area contributed by atoms with Crippen molar-refractivity contribution in [2.45, 2.75) is 25.2 Å².